The van der Waals surface area contributed by atoms with Crippen LogP contribution in [0, 0.1) is 0 Å². The number of carbonyl (C=O) groups excluding carboxylic acids is 3. The molecule has 0 amide bonds. The van der Waals surface area contributed by atoms with Gasteiger partial charge in [-0.05, 0) is 27.7 Å². The lowest BCUT2D eigenvalue weighted by Crippen LogP contribution is -2.20. The molecule has 0 bridgehead atoms. The van der Waals surface area contributed by atoms with Crippen LogP contribution < -0.4 is 5.73 Å². The number of carbonyl (C=O) groups is 3. The summed E-state index contributed by atoms with van der Waals surface area (Å²) in [6.45, 7) is 7.39. The maximum atomic E-state index is 10.6. The molecule has 0 aliphatic rings. The molecule has 2 N–H and O–H groups in total. The second kappa shape index (κ2) is 12.0. The van der Waals surface area contributed by atoms with Crippen LogP contribution in [0.3, 0.4) is 0 Å². The summed E-state index contributed by atoms with van der Waals surface area (Å²) < 4.78 is 9.13. The van der Waals surface area contributed by atoms with E-state index >= 15 is 0 Å². The third-order valence-electron chi connectivity index (χ3n) is 1.49. The van der Waals surface area contributed by atoms with E-state index < -0.39 is 5.97 Å². The van der Waals surface area contributed by atoms with Crippen LogP contribution >= 0.6 is 0 Å². The van der Waals surface area contributed by atoms with Gasteiger partial charge in [-0.25, -0.2) is 0 Å². The Labute approximate surface area is 108 Å². The van der Waals surface area contributed by atoms with Gasteiger partial charge < -0.3 is 15.2 Å². The Morgan fingerprint density at radius 2 is 1.50 bits per heavy atom. The zero-order chi connectivity index (χ0) is 14.6. The summed E-state index contributed by atoms with van der Waals surface area (Å²) >= 11 is 0. The monoisotopic (exact) mass is 261 g/mol. The van der Waals surface area contributed by atoms with Crippen molar-refractivity contribution in [1.29, 1.82) is 0 Å². The lowest BCUT2D eigenvalue weighted by Gasteiger charge is -2.02. The molecule has 6 nitrogen and oxygen atoms in total. The standard InChI is InChI=1S/C6H13NO2.C6H10O3/c2*1-3-9-6(8)4-5(2)7/h5H,3-4,7H2,1-2H3;3-4H2,1-2H3/t5-;/m1./s1. The highest BCUT2D eigenvalue weighted by Gasteiger charge is 2.04. The van der Waals surface area contributed by atoms with E-state index in [0.29, 0.717) is 19.6 Å². The first-order valence-electron chi connectivity index (χ1n) is 5.89. The second-order valence-electron chi connectivity index (χ2n) is 3.67. The van der Waals surface area contributed by atoms with Gasteiger partial charge in [-0.2, -0.15) is 0 Å². The second-order valence-corrected chi connectivity index (χ2v) is 3.67. The SMILES string of the molecule is CCOC(=O)CC(C)=O.CCOC(=O)C[C@@H](C)N. The number of ether oxygens (including phenoxy) is 2. The largest absolute Gasteiger partial charge is 0.466 e. The molecule has 1 atom stereocenters. The molecule has 0 aromatic rings. The van der Waals surface area contributed by atoms with Crippen molar-refractivity contribution < 1.29 is 23.9 Å². The smallest absolute Gasteiger partial charge is 0.313 e. The molecule has 0 radical (unpaired) electrons. The third-order valence-corrected chi connectivity index (χ3v) is 1.49. The van der Waals surface area contributed by atoms with Gasteiger partial charge in [0, 0.05) is 6.04 Å². The van der Waals surface area contributed by atoms with Crippen molar-refractivity contribution >= 4 is 17.7 Å². The number of ketones is 1. The molecule has 0 aliphatic heterocycles. The highest BCUT2D eigenvalue weighted by atomic mass is 16.5. The van der Waals surface area contributed by atoms with Crippen LogP contribution in [0.2, 0.25) is 0 Å². The number of esters is 2. The molecule has 0 heterocycles. The minimum absolute atomic E-state index is 0.0935. The summed E-state index contributed by atoms with van der Waals surface area (Å²) in [5.74, 6) is -0.814. The van der Waals surface area contributed by atoms with Gasteiger partial charge in [-0.1, -0.05) is 0 Å². The highest BCUT2D eigenvalue weighted by Crippen LogP contribution is 1.89. The molecule has 0 saturated carbocycles. The number of Topliss-reactive ketones (excluding diaryl/α,β-unsaturated/α-hetero) is 1. The Bertz CT molecular complexity index is 263. The first-order valence-corrected chi connectivity index (χ1v) is 5.89. The fraction of sp³-hybridized carbons (Fsp3) is 0.750. The number of nitrogens with two attached hydrogens (primary N) is 1. The highest BCUT2D eigenvalue weighted by molar-refractivity contribution is 5.94. The van der Waals surface area contributed by atoms with Crippen molar-refractivity contribution in [3.63, 3.8) is 0 Å². The van der Waals surface area contributed by atoms with Crippen molar-refractivity contribution in [2.75, 3.05) is 13.2 Å². The first-order chi connectivity index (χ1) is 8.33. The van der Waals surface area contributed by atoms with Gasteiger partial charge in [-0.3, -0.25) is 14.4 Å². The summed E-state index contributed by atoms with van der Waals surface area (Å²) in [5, 5.41) is 0. The molecule has 0 aliphatic carbocycles. The number of hydrogen-bond donors (Lipinski definition) is 1. The maximum absolute atomic E-state index is 10.6. The Balaban J connectivity index is 0. The minimum Gasteiger partial charge on any atom is -0.466 e. The van der Waals surface area contributed by atoms with Gasteiger partial charge in [0.1, 0.15) is 12.2 Å². The van der Waals surface area contributed by atoms with Crippen LogP contribution in [0.25, 0.3) is 0 Å². The molecular formula is C12H23NO5. The van der Waals surface area contributed by atoms with Gasteiger partial charge in [0.2, 0.25) is 0 Å². The predicted molar refractivity (Wildman–Crippen MR) is 66.8 cm³/mol. The van der Waals surface area contributed by atoms with E-state index in [1.54, 1.807) is 20.8 Å². The van der Waals surface area contributed by atoms with E-state index in [4.69, 9.17) is 5.73 Å². The zero-order valence-electron chi connectivity index (χ0n) is 11.5. The summed E-state index contributed by atoms with van der Waals surface area (Å²) in [6.07, 6.45) is 0.210. The van der Waals surface area contributed by atoms with Crippen LogP contribution in [0.4, 0.5) is 0 Å². The van der Waals surface area contributed by atoms with Gasteiger partial charge in [-0.15, -0.1) is 0 Å². The predicted octanol–water partition coefficient (Wildman–Crippen LogP) is 0.815. The van der Waals surface area contributed by atoms with Gasteiger partial charge in [0.25, 0.3) is 0 Å². The molecule has 106 valence electrons. The molecule has 0 fully saturated rings. The Morgan fingerprint density at radius 1 is 1.06 bits per heavy atom. The van der Waals surface area contributed by atoms with E-state index in [1.807, 2.05) is 0 Å². The Hall–Kier alpha value is -1.43. The summed E-state index contributed by atoms with van der Waals surface area (Å²) in [6, 6.07) is -0.0935. The van der Waals surface area contributed by atoms with E-state index in [2.05, 4.69) is 9.47 Å². The lowest BCUT2D eigenvalue weighted by atomic mass is 10.3. The molecule has 6 heteroatoms. The molecule has 18 heavy (non-hydrogen) atoms. The van der Waals surface area contributed by atoms with E-state index in [-0.39, 0.29) is 24.2 Å². The normalized spacial score (nSPS) is 10.7. The maximum Gasteiger partial charge on any atom is 0.313 e. The van der Waals surface area contributed by atoms with Gasteiger partial charge in [0.15, 0.2) is 0 Å². The lowest BCUT2D eigenvalue weighted by molar-refractivity contribution is -0.145. The van der Waals surface area contributed by atoms with E-state index in [1.165, 1.54) is 6.92 Å². The summed E-state index contributed by atoms with van der Waals surface area (Å²) in [5.41, 5.74) is 5.32. The van der Waals surface area contributed by atoms with Gasteiger partial charge in [0.05, 0.1) is 19.6 Å². The fourth-order valence-corrected chi connectivity index (χ4v) is 0.898. The van der Waals surface area contributed by atoms with Crippen molar-refractivity contribution in [3.8, 4) is 0 Å². The average molecular weight is 261 g/mol. The van der Waals surface area contributed by atoms with Crippen LogP contribution in [0.1, 0.15) is 40.5 Å². The molecule has 0 spiro atoms. The fourth-order valence-electron chi connectivity index (χ4n) is 0.898. The average Bonchev–Trinajstić information content (AvgIpc) is 2.16. The quantitative estimate of drug-likeness (QED) is 0.561. The van der Waals surface area contributed by atoms with E-state index in [0.717, 1.165) is 0 Å². The summed E-state index contributed by atoms with van der Waals surface area (Å²) in [7, 11) is 0. The summed E-state index contributed by atoms with van der Waals surface area (Å²) in [4.78, 5) is 31.2. The molecule has 0 rings (SSSR count). The Morgan fingerprint density at radius 3 is 1.83 bits per heavy atom. The molecule has 0 saturated heterocycles. The van der Waals surface area contributed by atoms with Crippen molar-refractivity contribution in [3.05, 3.63) is 0 Å². The molecule has 0 unspecified atom stereocenters. The molecule has 0 aromatic heterocycles. The van der Waals surface area contributed by atoms with Crippen LogP contribution in [0.15, 0.2) is 0 Å². The third kappa shape index (κ3) is 17.0. The number of hydrogen-bond acceptors (Lipinski definition) is 6. The van der Waals surface area contributed by atoms with Crippen LogP contribution in [-0.4, -0.2) is 37.0 Å². The topological polar surface area (TPSA) is 95.7 Å². The van der Waals surface area contributed by atoms with Crippen molar-refractivity contribution in [2.45, 2.75) is 46.6 Å². The van der Waals surface area contributed by atoms with Gasteiger partial charge >= 0.3 is 11.9 Å². The van der Waals surface area contributed by atoms with Crippen molar-refractivity contribution in [1.82, 2.24) is 0 Å². The molecule has 0 aromatic carbocycles. The van der Waals surface area contributed by atoms with Crippen LogP contribution in [-0.2, 0) is 23.9 Å². The van der Waals surface area contributed by atoms with E-state index in [9.17, 15) is 14.4 Å². The minimum atomic E-state index is -0.440. The zero-order valence-corrected chi connectivity index (χ0v) is 11.5. The number of rotatable bonds is 6. The Kier molecular flexibility index (Phi) is 12.7. The molecular weight excluding hydrogens is 238 g/mol. The first kappa shape index (κ1) is 18.9. The van der Waals surface area contributed by atoms with Crippen LogP contribution in [0.5, 0.6) is 0 Å². The van der Waals surface area contributed by atoms with Crippen molar-refractivity contribution in [2.24, 2.45) is 5.73 Å².